The van der Waals surface area contributed by atoms with Crippen LogP contribution in [0.3, 0.4) is 0 Å². The van der Waals surface area contributed by atoms with E-state index in [9.17, 15) is 4.79 Å². The van der Waals surface area contributed by atoms with Crippen molar-refractivity contribution in [2.75, 3.05) is 13.1 Å². The van der Waals surface area contributed by atoms with E-state index in [2.05, 4.69) is 25.7 Å². The normalized spacial score (nSPS) is 21.9. The Morgan fingerprint density at radius 2 is 2.06 bits per heavy atom. The minimum atomic E-state index is -0.644. The molecule has 1 fully saturated rings. The van der Waals surface area contributed by atoms with E-state index in [4.69, 9.17) is 5.11 Å². The van der Waals surface area contributed by atoms with Gasteiger partial charge in [0.15, 0.2) is 0 Å². The number of nitrogens with zero attached hydrogens (tertiary/aromatic N) is 1. The molecular formula is C13H26ClNO2. The van der Waals surface area contributed by atoms with E-state index in [-0.39, 0.29) is 18.4 Å². The molecule has 0 aromatic carbocycles. The van der Waals surface area contributed by atoms with Crippen molar-refractivity contribution in [3.8, 4) is 0 Å². The van der Waals surface area contributed by atoms with Crippen LogP contribution in [-0.4, -0.2) is 35.1 Å². The second kappa shape index (κ2) is 7.22. The maximum Gasteiger partial charge on any atom is 0.320 e. The fourth-order valence-corrected chi connectivity index (χ4v) is 2.16. The van der Waals surface area contributed by atoms with Crippen LogP contribution in [0.5, 0.6) is 0 Å². The van der Waals surface area contributed by atoms with E-state index in [1.54, 1.807) is 0 Å². The van der Waals surface area contributed by atoms with Crippen LogP contribution in [0.25, 0.3) is 0 Å². The summed E-state index contributed by atoms with van der Waals surface area (Å²) in [5.74, 6) is -0.644. The molecule has 0 radical (unpaired) electrons. The fourth-order valence-electron chi connectivity index (χ4n) is 2.16. The quantitative estimate of drug-likeness (QED) is 0.828. The molecule has 0 spiro atoms. The largest absolute Gasteiger partial charge is 0.480 e. The first-order chi connectivity index (χ1) is 7.46. The van der Waals surface area contributed by atoms with Crippen molar-refractivity contribution in [1.29, 1.82) is 0 Å². The van der Waals surface area contributed by atoms with Crippen LogP contribution in [0.1, 0.15) is 52.9 Å². The Balaban J connectivity index is 0.00000256. The Labute approximate surface area is 111 Å². The molecule has 0 aromatic rings. The number of carboxylic acid groups (broad SMARTS) is 1. The summed E-state index contributed by atoms with van der Waals surface area (Å²) in [6.45, 7) is 8.60. The Bertz CT molecular complexity index is 244. The maximum atomic E-state index is 11.1. The summed E-state index contributed by atoms with van der Waals surface area (Å²) in [7, 11) is 0. The second-order valence-electron chi connectivity index (χ2n) is 5.65. The Morgan fingerprint density at radius 3 is 2.59 bits per heavy atom. The van der Waals surface area contributed by atoms with Gasteiger partial charge in [0.25, 0.3) is 0 Å². The van der Waals surface area contributed by atoms with Gasteiger partial charge < -0.3 is 5.11 Å². The lowest BCUT2D eigenvalue weighted by molar-refractivity contribution is -0.144. The third-order valence-corrected chi connectivity index (χ3v) is 3.93. The lowest BCUT2D eigenvalue weighted by Crippen LogP contribution is -2.45. The summed E-state index contributed by atoms with van der Waals surface area (Å²) in [6, 6.07) is -0.235. The van der Waals surface area contributed by atoms with Crippen molar-refractivity contribution in [3.05, 3.63) is 0 Å². The van der Waals surface area contributed by atoms with Gasteiger partial charge in [-0.05, 0) is 37.8 Å². The van der Waals surface area contributed by atoms with Gasteiger partial charge in [0, 0.05) is 0 Å². The van der Waals surface area contributed by atoms with Crippen LogP contribution in [0, 0.1) is 5.41 Å². The van der Waals surface area contributed by atoms with E-state index in [1.165, 1.54) is 0 Å². The van der Waals surface area contributed by atoms with Crippen molar-refractivity contribution in [2.24, 2.45) is 5.41 Å². The van der Waals surface area contributed by atoms with Crippen LogP contribution >= 0.6 is 12.4 Å². The molecule has 1 rings (SSSR count). The molecule has 1 heterocycles. The minimum Gasteiger partial charge on any atom is -0.480 e. The van der Waals surface area contributed by atoms with Gasteiger partial charge >= 0.3 is 5.97 Å². The molecule has 102 valence electrons. The van der Waals surface area contributed by atoms with Crippen LogP contribution in [-0.2, 0) is 4.79 Å². The average Bonchev–Trinajstić information content (AvgIpc) is 2.27. The number of aliphatic carboxylic acids is 1. The van der Waals surface area contributed by atoms with E-state index in [1.807, 2.05) is 0 Å². The number of carbonyl (C=O) groups is 1. The molecular weight excluding hydrogens is 238 g/mol. The van der Waals surface area contributed by atoms with Crippen molar-refractivity contribution in [1.82, 2.24) is 4.90 Å². The first-order valence-corrected chi connectivity index (χ1v) is 6.43. The molecule has 1 aliphatic rings. The Kier molecular flexibility index (Phi) is 7.10. The molecule has 17 heavy (non-hydrogen) atoms. The highest BCUT2D eigenvalue weighted by Gasteiger charge is 2.29. The van der Waals surface area contributed by atoms with Gasteiger partial charge in [-0.2, -0.15) is 0 Å². The van der Waals surface area contributed by atoms with Crippen LogP contribution in [0.15, 0.2) is 0 Å². The predicted octanol–water partition coefficient (Wildman–Crippen LogP) is 3.17. The maximum absolute atomic E-state index is 11.1. The fraction of sp³-hybridized carbons (Fsp3) is 0.923. The van der Waals surface area contributed by atoms with Gasteiger partial charge in [-0.1, -0.05) is 33.6 Å². The molecule has 0 amide bonds. The summed E-state index contributed by atoms with van der Waals surface area (Å²) < 4.78 is 0. The molecule has 3 nitrogen and oxygen atoms in total. The van der Waals surface area contributed by atoms with Crippen molar-refractivity contribution < 1.29 is 9.90 Å². The highest BCUT2D eigenvalue weighted by Crippen LogP contribution is 2.26. The standard InChI is InChI=1S/C13H25NO2.ClH/c1-4-13(2,3)8-10-14-9-6-5-7-11(14)12(15)16;/h11H,4-10H2,1-3H3,(H,15,16);1H. The molecule has 1 unspecified atom stereocenters. The number of halogens is 1. The lowest BCUT2D eigenvalue weighted by Gasteiger charge is -2.35. The van der Waals surface area contributed by atoms with Gasteiger partial charge in [0.2, 0.25) is 0 Å². The second-order valence-corrected chi connectivity index (χ2v) is 5.65. The first kappa shape index (κ1) is 16.7. The number of likely N-dealkylation sites (tertiary alicyclic amines) is 1. The molecule has 1 atom stereocenters. The molecule has 4 heteroatoms. The number of hydrogen-bond donors (Lipinski definition) is 1. The molecule has 1 saturated heterocycles. The summed E-state index contributed by atoms with van der Waals surface area (Å²) in [5, 5.41) is 9.15. The Morgan fingerprint density at radius 1 is 1.41 bits per heavy atom. The zero-order chi connectivity index (χ0) is 12.2. The number of hydrogen-bond acceptors (Lipinski definition) is 2. The summed E-state index contributed by atoms with van der Waals surface area (Å²) in [5.41, 5.74) is 0.334. The molecule has 1 aliphatic heterocycles. The number of rotatable bonds is 5. The Hall–Kier alpha value is -0.280. The van der Waals surface area contributed by atoms with E-state index < -0.39 is 5.97 Å². The van der Waals surface area contributed by atoms with Gasteiger partial charge in [0.1, 0.15) is 6.04 Å². The first-order valence-electron chi connectivity index (χ1n) is 6.43. The van der Waals surface area contributed by atoms with Crippen LogP contribution < -0.4 is 0 Å². The molecule has 0 aromatic heterocycles. The molecule has 0 bridgehead atoms. The smallest absolute Gasteiger partial charge is 0.320 e. The summed E-state index contributed by atoms with van der Waals surface area (Å²) in [6.07, 6.45) is 5.27. The van der Waals surface area contributed by atoms with Crippen molar-refractivity contribution in [3.63, 3.8) is 0 Å². The average molecular weight is 264 g/mol. The van der Waals surface area contributed by atoms with Crippen LogP contribution in [0.4, 0.5) is 0 Å². The molecule has 0 aliphatic carbocycles. The van der Waals surface area contributed by atoms with Crippen molar-refractivity contribution in [2.45, 2.75) is 58.9 Å². The molecule has 0 saturated carbocycles. The summed E-state index contributed by atoms with van der Waals surface area (Å²) >= 11 is 0. The van der Waals surface area contributed by atoms with Gasteiger partial charge in [-0.15, -0.1) is 12.4 Å². The van der Waals surface area contributed by atoms with Gasteiger partial charge in [-0.3, -0.25) is 9.69 Å². The van der Waals surface area contributed by atoms with E-state index >= 15 is 0 Å². The SMILES string of the molecule is CCC(C)(C)CCN1CCCCC1C(=O)O.Cl. The third kappa shape index (κ3) is 5.26. The van der Waals surface area contributed by atoms with Crippen LogP contribution in [0.2, 0.25) is 0 Å². The predicted molar refractivity (Wildman–Crippen MR) is 72.8 cm³/mol. The minimum absolute atomic E-state index is 0. The number of piperidine rings is 1. The number of carboxylic acids is 1. The third-order valence-electron chi connectivity index (χ3n) is 3.93. The van der Waals surface area contributed by atoms with Crippen molar-refractivity contribution >= 4 is 18.4 Å². The zero-order valence-corrected chi connectivity index (χ0v) is 12.1. The molecule has 1 N–H and O–H groups in total. The van der Waals surface area contributed by atoms with E-state index in [0.29, 0.717) is 5.41 Å². The lowest BCUT2D eigenvalue weighted by atomic mass is 9.86. The highest BCUT2D eigenvalue weighted by molar-refractivity contribution is 5.85. The summed E-state index contributed by atoms with van der Waals surface area (Å²) in [4.78, 5) is 13.3. The van der Waals surface area contributed by atoms with Gasteiger partial charge in [-0.25, -0.2) is 0 Å². The van der Waals surface area contributed by atoms with Gasteiger partial charge in [0.05, 0.1) is 0 Å². The topological polar surface area (TPSA) is 40.5 Å². The van der Waals surface area contributed by atoms with E-state index in [0.717, 1.165) is 45.2 Å². The zero-order valence-electron chi connectivity index (χ0n) is 11.2. The highest BCUT2D eigenvalue weighted by atomic mass is 35.5. The monoisotopic (exact) mass is 263 g/mol.